The van der Waals surface area contributed by atoms with Gasteiger partial charge in [0.25, 0.3) is 0 Å². The van der Waals surface area contributed by atoms with E-state index in [4.69, 9.17) is 14.2 Å². The van der Waals surface area contributed by atoms with E-state index < -0.39 is 0 Å². The lowest BCUT2D eigenvalue weighted by Crippen LogP contribution is -2.05. The highest BCUT2D eigenvalue weighted by Crippen LogP contribution is 2.25. The predicted octanol–water partition coefficient (Wildman–Crippen LogP) is 3.35. The lowest BCUT2D eigenvalue weighted by atomic mass is 10.2. The summed E-state index contributed by atoms with van der Waals surface area (Å²) in [6.07, 6.45) is 0.281. The summed E-state index contributed by atoms with van der Waals surface area (Å²) >= 11 is 0. The molecule has 1 atom stereocenters. The number of epoxide rings is 1. The molecule has 0 aromatic heterocycles. The van der Waals surface area contributed by atoms with Gasteiger partial charge in [-0.1, -0.05) is 30.3 Å². The van der Waals surface area contributed by atoms with Gasteiger partial charge < -0.3 is 14.2 Å². The molecule has 2 aromatic carbocycles. The topological polar surface area (TPSA) is 31.0 Å². The molecule has 0 spiro atoms. The fourth-order valence-electron chi connectivity index (χ4n) is 1.96. The molecule has 1 fully saturated rings. The molecule has 3 heteroatoms. The quantitative estimate of drug-likeness (QED) is 0.754. The van der Waals surface area contributed by atoms with E-state index >= 15 is 0 Å². The van der Waals surface area contributed by atoms with Crippen LogP contribution in [-0.4, -0.2) is 19.3 Å². The van der Waals surface area contributed by atoms with E-state index in [1.807, 2.05) is 43.3 Å². The Balaban J connectivity index is 1.58. The van der Waals surface area contributed by atoms with Gasteiger partial charge in [-0.25, -0.2) is 0 Å². The van der Waals surface area contributed by atoms with Crippen LogP contribution in [-0.2, 0) is 11.3 Å². The Morgan fingerprint density at radius 1 is 1.10 bits per heavy atom. The zero-order valence-corrected chi connectivity index (χ0v) is 11.5. The highest BCUT2D eigenvalue weighted by Gasteiger charge is 2.23. The van der Waals surface area contributed by atoms with Gasteiger partial charge in [0.2, 0.25) is 0 Å². The van der Waals surface area contributed by atoms with Crippen LogP contribution in [0.1, 0.15) is 11.1 Å². The third-order valence-electron chi connectivity index (χ3n) is 3.22. The number of aryl methyl sites for hydroxylation is 1. The zero-order chi connectivity index (χ0) is 13.8. The molecule has 2 aromatic rings. The normalized spacial score (nSPS) is 16.8. The van der Waals surface area contributed by atoms with Crippen molar-refractivity contribution in [2.45, 2.75) is 19.6 Å². The largest absolute Gasteiger partial charge is 0.491 e. The summed E-state index contributed by atoms with van der Waals surface area (Å²) in [5.74, 6) is 1.76. The second-order valence-corrected chi connectivity index (χ2v) is 4.97. The van der Waals surface area contributed by atoms with E-state index in [1.54, 1.807) is 0 Å². The van der Waals surface area contributed by atoms with Crippen molar-refractivity contribution in [3.63, 3.8) is 0 Å². The Labute approximate surface area is 119 Å². The minimum absolute atomic E-state index is 0.281. The second kappa shape index (κ2) is 5.97. The summed E-state index contributed by atoms with van der Waals surface area (Å²) in [4.78, 5) is 0. The molecule has 104 valence electrons. The van der Waals surface area contributed by atoms with Gasteiger partial charge in [0.1, 0.15) is 30.8 Å². The summed E-state index contributed by atoms with van der Waals surface area (Å²) in [6, 6.07) is 16.0. The lowest BCUT2D eigenvalue weighted by molar-refractivity contribution is 0.260. The molecule has 0 aliphatic carbocycles. The van der Waals surface area contributed by atoms with Crippen LogP contribution in [0.5, 0.6) is 11.5 Å². The lowest BCUT2D eigenvalue weighted by Gasteiger charge is -2.11. The molecule has 3 nitrogen and oxygen atoms in total. The van der Waals surface area contributed by atoms with Crippen LogP contribution in [0.2, 0.25) is 0 Å². The van der Waals surface area contributed by atoms with Crippen molar-refractivity contribution in [3.8, 4) is 11.5 Å². The SMILES string of the molecule is Cc1cc(OCc2ccccc2)ccc1OCC1CO1. The molecule has 20 heavy (non-hydrogen) atoms. The van der Waals surface area contributed by atoms with E-state index in [9.17, 15) is 0 Å². The standard InChI is InChI=1S/C17H18O3/c1-13-9-15(18-10-14-5-3-2-4-6-14)7-8-17(13)20-12-16-11-19-16/h2-9,16H,10-12H2,1H3. The van der Waals surface area contributed by atoms with Crippen LogP contribution < -0.4 is 9.47 Å². The summed E-state index contributed by atoms with van der Waals surface area (Å²) in [5, 5.41) is 0. The number of hydrogen-bond donors (Lipinski definition) is 0. The van der Waals surface area contributed by atoms with Gasteiger partial charge in [-0.2, -0.15) is 0 Å². The highest BCUT2D eigenvalue weighted by molar-refractivity contribution is 5.39. The molecule has 1 saturated heterocycles. The first-order valence-electron chi connectivity index (χ1n) is 6.83. The Morgan fingerprint density at radius 2 is 1.90 bits per heavy atom. The highest BCUT2D eigenvalue weighted by atomic mass is 16.6. The number of ether oxygens (including phenoxy) is 3. The fourth-order valence-corrected chi connectivity index (χ4v) is 1.96. The van der Waals surface area contributed by atoms with Crippen LogP contribution in [0, 0.1) is 6.92 Å². The van der Waals surface area contributed by atoms with E-state index in [-0.39, 0.29) is 6.10 Å². The first-order valence-corrected chi connectivity index (χ1v) is 6.83. The van der Waals surface area contributed by atoms with Crippen LogP contribution in [0.3, 0.4) is 0 Å². The molecule has 0 N–H and O–H groups in total. The number of hydrogen-bond acceptors (Lipinski definition) is 3. The van der Waals surface area contributed by atoms with Gasteiger partial charge in [-0.05, 0) is 36.2 Å². The van der Waals surface area contributed by atoms with Crippen molar-refractivity contribution >= 4 is 0 Å². The molecule has 1 unspecified atom stereocenters. The molecule has 0 radical (unpaired) electrons. The Hall–Kier alpha value is -2.00. The van der Waals surface area contributed by atoms with Crippen LogP contribution in [0.25, 0.3) is 0 Å². The van der Waals surface area contributed by atoms with Crippen molar-refractivity contribution in [2.24, 2.45) is 0 Å². The summed E-state index contributed by atoms with van der Waals surface area (Å²) in [5.41, 5.74) is 2.24. The van der Waals surface area contributed by atoms with Gasteiger partial charge in [0, 0.05) is 0 Å². The molecule has 0 bridgehead atoms. The Morgan fingerprint density at radius 3 is 2.60 bits per heavy atom. The maximum atomic E-state index is 5.79. The van der Waals surface area contributed by atoms with Gasteiger partial charge >= 0.3 is 0 Å². The van der Waals surface area contributed by atoms with E-state index in [2.05, 4.69) is 12.1 Å². The average molecular weight is 270 g/mol. The van der Waals surface area contributed by atoms with Crippen molar-refractivity contribution in [1.82, 2.24) is 0 Å². The second-order valence-electron chi connectivity index (χ2n) is 4.97. The van der Waals surface area contributed by atoms with Gasteiger partial charge in [0.05, 0.1) is 6.61 Å². The summed E-state index contributed by atoms with van der Waals surface area (Å²) in [6.45, 7) is 4.05. The van der Waals surface area contributed by atoms with Crippen LogP contribution >= 0.6 is 0 Å². The molecule has 3 rings (SSSR count). The molecule has 1 aliphatic heterocycles. The molecule has 1 heterocycles. The molecular weight excluding hydrogens is 252 g/mol. The van der Waals surface area contributed by atoms with Crippen molar-refractivity contribution in [2.75, 3.05) is 13.2 Å². The number of rotatable bonds is 6. The average Bonchev–Trinajstić information content (AvgIpc) is 3.29. The van der Waals surface area contributed by atoms with Gasteiger partial charge in [-0.3, -0.25) is 0 Å². The first-order chi connectivity index (χ1) is 9.81. The zero-order valence-electron chi connectivity index (χ0n) is 11.5. The maximum Gasteiger partial charge on any atom is 0.122 e. The summed E-state index contributed by atoms with van der Waals surface area (Å²) < 4.78 is 16.6. The molecule has 1 aliphatic rings. The first kappa shape index (κ1) is 13.0. The van der Waals surface area contributed by atoms with Crippen LogP contribution in [0.4, 0.5) is 0 Å². The third kappa shape index (κ3) is 3.52. The smallest absolute Gasteiger partial charge is 0.122 e. The third-order valence-corrected chi connectivity index (χ3v) is 3.22. The van der Waals surface area contributed by atoms with Crippen molar-refractivity contribution in [3.05, 3.63) is 59.7 Å². The van der Waals surface area contributed by atoms with E-state index in [0.29, 0.717) is 13.2 Å². The number of benzene rings is 2. The van der Waals surface area contributed by atoms with Crippen molar-refractivity contribution < 1.29 is 14.2 Å². The Kier molecular flexibility index (Phi) is 3.88. The minimum Gasteiger partial charge on any atom is -0.491 e. The van der Waals surface area contributed by atoms with Gasteiger partial charge in [0.15, 0.2) is 0 Å². The van der Waals surface area contributed by atoms with Crippen molar-refractivity contribution in [1.29, 1.82) is 0 Å². The monoisotopic (exact) mass is 270 g/mol. The molecule has 0 saturated carbocycles. The van der Waals surface area contributed by atoms with Crippen LogP contribution in [0.15, 0.2) is 48.5 Å². The Bertz CT molecular complexity index is 562. The van der Waals surface area contributed by atoms with E-state index in [0.717, 1.165) is 29.2 Å². The maximum absolute atomic E-state index is 5.79. The van der Waals surface area contributed by atoms with Gasteiger partial charge in [-0.15, -0.1) is 0 Å². The fraction of sp³-hybridized carbons (Fsp3) is 0.294. The van der Waals surface area contributed by atoms with E-state index in [1.165, 1.54) is 0 Å². The predicted molar refractivity (Wildman–Crippen MR) is 77.2 cm³/mol. The minimum atomic E-state index is 0.281. The summed E-state index contributed by atoms with van der Waals surface area (Å²) in [7, 11) is 0. The molecular formula is C17H18O3. The molecule has 0 amide bonds.